The number of fused-ring (bicyclic) bond motifs is 1. The van der Waals surface area contributed by atoms with Gasteiger partial charge in [-0.25, -0.2) is 0 Å². The Balaban J connectivity index is 1.42. The van der Waals surface area contributed by atoms with Crippen LogP contribution >= 0.6 is 0 Å². The maximum Gasteiger partial charge on any atom is 0.284 e. The zero-order valence-electron chi connectivity index (χ0n) is 16.9. The maximum atomic E-state index is 13.3. The average Bonchev–Trinajstić information content (AvgIpc) is 2.77. The first-order chi connectivity index (χ1) is 13.7. The van der Waals surface area contributed by atoms with Crippen LogP contribution in [0.15, 0.2) is 48.5 Å². The van der Waals surface area contributed by atoms with Crippen LogP contribution in [0.25, 0.3) is 0 Å². The van der Waals surface area contributed by atoms with E-state index in [9.17, 15) is 4.79 Å². The molecular formula is C23H30N3O2+. The van der Waals surface area contributed by atoms with Crippen molar-refractivity contribution in [2.75, 3.05) is 49.6 Å². The Kier molecular flexibility index (Phi) is 5.53. The van der Waals surface area contributed by atoms with E-state index < -0.39 is 0 Å². The lowest BCUT2D eigenvalue weighted by Gasteiger charge is -2.38. The number of para-hydroxylation sites is 3. The van der Waals surface area contributed by atoms with E-state index in [-0.39, 0.29) is 11.9 Å². The van der Waals surface area contributed by atoms with Crippen molar-refractivity contribution >= 4 is 17.3 Å². The number of rotatable bonds is 4. The zero-order chi connectivity index (χ0) is 19.5. The van der Waals surface area contributed by atoms with E-state index in [1.54, 1.807) is 7.11 Å². The lowest BCUT2D eigenvalue weighted by Crippen LogP contribution is -3.19. The van der Waals surface area contributed by atoms with Crippen LogP contribution in [0, 0.1) is 0 Å². The average molecular weight is 381 g/mol. The predicted molar refractivity (Wildman–Crippen MR) is 112 cm³/mol. The Labute approximate surface area is 167 Å². The van der Waals surface area contributed by atoms with Crippen LogP contribution in [-0.2, 0) is 11.2 Å². The fraction of sp³-hybridized carbons (Fsp3) is 0.435. The Morgan fingerprint density at radius 1 is 1.00 bits per heavy atom. The monoisotopic (exact) mass is 380 g/mol. The second kappa shape index (κ2) is 8.23. The minimum atomic E-state index is -0.0222. The number of hydrogen-bond donors (Lipinski definition) is 1. The smallest absolute Gasteiger partial charge is 0.284 e. The number of methoxy groups -OCH3 is 1. The number of benzene rings is 2. The van der Waals surface area contributed by atoms with E-state index in [0.29, 0.717) is 0 Å². The van der Waals surface area contributed by atoms with Gasteiger partial charge in [-0.1, -0.05) is 30.3 Å². The maximum absolute atomic E-state index is 13.3. The summed E-state index contributed by atoms with van der Waals surface area (Å²) < 4.78 is 5.51. The lowest BCUT2D eigenvalue weighted by atomic mass is 10.0. The molecule has 4 rings (SSSR count). The molecule has 5 heteroatoms. The molecule has 1 fully saturated rings. The molecule has 2 heterocycles. The van der Waals surface area contributed by atoms with E-state index >= 15 is 0 Å². The topological polar surface area (TPSA) is 37.2 Å². The highest BCUT2D eigenvalue weighted by molar-refractivity contribution is 5.97. The molecule has 0 aromatic heterocycles. The molecule has 148 valence electrons. The number of nitrogens with one attached hydrogen (secondary N) is 1. The summed E-state index contributed by atoms with van der Waals surface area (Å²) in [5.41, 5.74) is 3.55. The van der Waals surface area contributed by atoms with Gasteiger partial charge in [0.25, 0.3) is 5.91 Å². The molecule has 2 aliphatic rings. The number of hydrogen-bond acceptors (Lipinski definition) is 3. The van der Waals surface area contributed by atoms with Crippen LogP contribution in [0.4, 0.5) is 11.4 Å². The van der Waals surface area contributed by atoms with Gasteiger partial charge in [-0.05, 0) is 43.5 Å². The van der Waals surface area contributed by atoms with Crippen LogP contribution in [0.2, 0.25) is 0 Å². The third kappa shape index (κ3) is 3.59. The van der Waals surface area contributed by atoms with Crippen molar-refractivity contribution in [3.05, 3.63) is 54.1 Å². The number of aryl methyl sites for hydroxylation is 1. The van der Waals surface area contributed by atoms with Gasteiger partial charge in [0.2, 0.25) is 0 Å². The predicted octanol–water partition coefficient (Wildman–Crippen LogP) is 1.77. The highest BCUT2D eigenvalue weighted by Crippen LogP contribution is 2.28. The zero-order valence-corrected chi connectivity index (χ0v) is 16.9. The van der Waals surface area contributed by atoms with Crippen molar-refractivity contribution in [1.29, 1.82) is 0 Å². The first-order valence-corrected chi connectivity index (χ1v) is 10.3. The SMILES string of the molecule is COc1ccccc1N1CC[NH+]([C@@H](C)C(=O)N2CCCc3ccccc32)CC1. The van der Waals surface area contributed by atoms with Crippen LogP contribution in [0.3, 0.4) is 0 Å². The van der Waals surface area contributed by atoms with E-state index in [0.717, 1.165) is 62.7 Å². The van der Waals surface area contributed by atoms with Crippen molar-refractivity contribution in [3.63, 3.8) is 0 Å². The van der Waals surface area contributed by atoms with Crippen molar-refractivity contribution in [1.82, 2.24) is 0 Å². The molecule has 0 bridgehead atoms. The van der Waals surface area contributed by atoms with Crippen LogP contribution in [-0.4, -0.2) is 51.8 Å². The number of amides is 1. The van der Waals surface area contributed by atoms with Gasteiger partial charge in [0.15, 0.2) is 6.04 Å². The molecule has 0 saturated carbocycles. The van der Waals surface area contributed by atoms with Crippen molar-refractivity contribution in [2.45, 2.75) is 25.8 Å². The van der Waals surface area contributed by atoms with E-state index in [2.05, 4.69) is 42.2 Å². The van der Waals surface area contributed by atoms with Gasteiger partial charge in [0.05, 0.1) is 39.0 Å². The van der Waals surface area contributed by atoms with Crippen LogP contribution in [0.1, 0.15) is 18.9 Å². The van der Waals surface area contributed by atoms with Gasteiger partial charge < -0.3 is 19.4 Å². The summed E-state index contributed by atoms with van der Waals surface area (Å²) >= 11 is 0. The standard InChI is InChI=1S/C23H29N3O2/c1-18(23(27)26-13-7-9-19-8-3-4-10-20(19)26)24-14-16-25(17-15-24)21-11-5-6-12-22(21)28-2/h3-6,8,10-12,18H,7,9,13-17H2,1-2H3/p+1/t18-/m0/s1. The largest absolute Gasteiger partial charge is 0.495 e. The fourth-order valence-electron chi connectivity index (χ4n) is 4.53. The summed E-state index contributed by atoms with van der Waals surface area (Å²) in [4.78, 5) is 19.0. The van der Waals surface area contributed by atoms with Gasteiger partial charge in [-0.15, -0.1) is 0 Å². The van der Waals surface area contributed by atoms with Crippen LogP contribution in [0.5, 0.6) is 5.75 Å². The number of piperazine rings is 1. The molecule has 2 aromatic rings. The minimum absolute atomic E-state index is 0.0222. The summed E-state index contributed by atoms with van der Waals surface area (Å²) in [5.74, 6) is 1.17. The number of nitrogens with zero attached hydrogens (tertiary/aromatic N) is 2. The van der Waals surface area contributed by atoms with Crippen molar-refractivity contribution < 1.29 is 14.4 Å². The Morgan fingerprint density at radius 2 is 1.68 bits per heavy atom. The second-order valence-corrected chi connectivity index (χ2v) is 7.76. The van der Waals surface area contributed by atoms with Gasteiger partial charge in [0.1, 0.15) is 5.75 Å². The lowest BCUT2D eigenvalue weighted by molar-refractivity contribution is -0.914. The Bertz CT molecular complexity index is 830. The summed E-state index contributed by atoms with van der Waals surface area (Å²) in [5, 5.41) is 0. The first kappa shape index (κ1) is 18.8. The third-order valence-corrected chi connectivity index (χ3v) is 6.19. The second-order valence-electron chi connectivity index (χ2n) is 7.76. The molecule has 1 atom stereocenters. The highest BCUT2D eigenvalue weighted by Gasteiger charge is 2.34. The van der Waals surface area contributed by atoms with Gasteiger partial charge in [-0.2, -0.15) is 0 Å². The summed E-state index contributed by atoms with van der Waals surface area (Å²) in [6.07, 6.45) is 2.12. The van der Waals surface area contributed by atoms with E-state index in [1.165, 1.54) is 10.5 Å². The number of carbonyl (C=O) groups excluding carboxylic acids is 1. The quantitative estimate of drug-likeness (QED) is 0.878. The molecule has 2 aromatic carbocycles. The van der Waals surface area contributed by atoms with Crippen LogP contribution < -0.4 is 19.4 Å². The molecule has 1 saturated heterocycles. The van der Waals surface area contributed by atoms with Gasteiger partial charge >= 0.3 is 0 Å². The molecule has 1 amide bonds. The number of quaternary nitrogens is 1. The number of carbonyl (C=O) groups is 1. The molecule has 0 radical (unpaired) electrons. The van der Waals surface area contributed by atoms with Crippen molar-refractivity contribution in [2.24, 2.45) is 0 Å². The summed E-state index contributed by atoms with van der Waals surface area (Å²) in [7, 11) is 1.72. The molecule has 5 nitrogen and oxygen atoms in total. The summed E-state index contributed by atoms with van der Waals surface area (Å²) in [6, 6.07) is 16.5. The van der Waals surface area contributed by atoms with E-state index in [4.69, 9.17) is 4.74 Å². The minimum Gasteiger partial charge on any atom is -0.495 e. The Hall–Kier alpha value is -2.53. The fourth-order valence-corrected chi connectivity index (χ4v) is 4.53. The van der Waals surface area contributed by atoms with E-state index in [1.807, 2.05) is 23.1 Å². The summed E-state index contributed by atoms with van der Waals surface area (Å²) in [6.45, 7) is 6.71. The molecule has 0 unspecified atom stereocenters. The van der Waals surface area contributed by atoms with Crippen molar-refractivity contribution in [3.8, 4) is 5.75 Å². The molecule has 0 aliphatic carbocycles. The molecule has 1 N–H and O–H groups in total. The highest BCUT2D eigenvalue weighted by atomic mass is 16.5. The normalized spacial score (nSPS) is 18.5. The number of anilines is 2. The Morgan fingerprint density at radius 3 is 2.43 bits per heavy atom. The van der Waals surface area contributed by atoms with Gasteiger partial charge in [-0.3, -0.25) is 4.79 Å². The molecule has 28 heavy (non-hydrogen) atoms. The molecular weight excluding hydrogens is 350 g/mol. The first-order valence-electron chi connectivity index (χ1n) is 10.3. The number of ether oxygens (including phenoxy) is 1. The molecule has 2 aliphatic heterocycles. The van der Waals surface area contributed by atoms with Gasteiger partial charge in [0, 0.05) is 12.2 Å². The third-order valence-electron chi connectivity index (χ3n) is 6.19. The molecule has 0 spiro atoms.